The van der Waals surface area contributed by atoms with Crippen molar-refractivity contribution in [2.24, 2.45) is 0 Å². The Balaban J connectivity index is 2.76. The van der Waals surface area contributed by atoms with Crippen molar-refractivity contribution >= 4 is 18.0 Å². The average Bonchev–Trinajstić information content (AvgIpc) is 2.46. The zero-order valence-electron chi connectivity index (χ0n) is 13.9. The summed E-state index contributed by atoms with van der Waals surface area (Å²) in [6, 6.07) is 0. The highest BCUT2D eigenvalue weighted by atomic mass is 16.4. The third-order valence-corrected chi connectivity index (χ3v) is 3.96. The zero-order chi connectivity index (χ0) is 18.1. The van der Waals surface area contributed by atoms with E-state index in [1.807, 2.05) is 11.9 Å². The predicted molar refractivity (Wildman–Crippen MR) is 85.2 cm³/mol. The van der Waals surface area contributed by atoms with Crippen LogP contribution in [0.1, 0.15) is 0 Å². The second kappa shape index (κ2) is 10.1. The quantitative estimate of drug-likeness (QED) is 0.568. The molecular weight excluding hydrogens is 320 g/mol. The van der Waals surface area contributed by atoms with Gasteiger partial charge in [-0.25, -0.2) is 4.79 Å². The number of rotatable bonds is 4. The van der Waals surface area contributed by atoms with Gasteiger partial charge in [0, 0.05) is 52.4 Å². The maximum absolute atomic E-state index is 11.3. The highest BCUT2D eigenvalue weighted by Gasteiger charge is 2.19. The number of carbonyl (C=O) groups is 3. The lowest BCUT2D eigenvalue weighted by molar-refractivity contribution is -0.139. The van der Waals surface area contributed by atoms with Gasteiger partial charge in [-0.05, 0) is 7.05 Å². The topological polar surface area (TPSA) is 125 Å². The highest BCUT2D eigenvalue weighted by Crippen LogP contribution is 2.00. The monoisotopic (exact) mass is 346 g/mol. The molecule has 1 heterocycles. The predicted octanol–water partition coefficient (Wildman–Crippen LogP) is -1.31. The largest absolute Gasteiger partial charge is 0.480 e. The lowest BCUT2D eigenvalue weighted by atomic mass is 10.3. The third-order valence-electron chi connectivity index (χ3n) is 3.96. The molecule has 0 spiro atoms. The Labute approximate surface area is 140 Å². The van der Waals surface area contributed by atoms with E-state index in [0.717, 1.165) is 0 Å². The Morgan fingerprint density at radius 2 is 1.08 bits per heavy atom. The van der Waals surface area contributed by atoms with Crippen LogP contribution in [-0.4, -0.2) is 125 Å². The Hall–Kier alpha value is -1.91. The molecule has 3 N–H and O–H groups in total. The molecule has 0 saturated carbocycles. The van der Waals surface area contributed by atoms with Crippen molar-refractivity contribution in [3.05, 3.63) is 0 Å². The van der Waals surface area contributed by atoms with Crippen molar-refractivity contribution in [2.45, 2.75) is 0 Å². The van der Waals surface area contributed by atoms with E-state index in [1.54, 1.807) is 9.80 Å². The van der Waals surface area contributed by atoms with E-state index in [0.29, 0.717) is 39.3 Å². The number of nitrogens with zero attached hydrogens (tertiary/aromatic N) is 4. The Morgan fingerprint density at radius 1 is 0.708 bits per heavy atom. The first kappa shape index (κ1) is 20.1. The molecule has 10 nitrogen and oxygen atoms in total. The summed E-state index contributed by atoms with van der Waals surface area (Å²) in [6.07, 6.45) is -1.09. The summed E-state index contributed by atoms with van der Waals surface area (Å²) in [5.41, 5.74) is 0. The number of carboxylic acid groups (broad SMARTS) is 3. The molecule has 1 saturated heterocycles. The number of likely N-dealkylation sites (N-methyl/N-ethyl adjacent to an activating group) is 1. The van der Waals surface area contributed by atoms with Gasteiger partial charge in [0.1, 0.15) is 0 Å². The van der Waals surface area contributed by atoms with E-state index < -0.39 is 18.0 Å². The van der Waals surface area contributed by atoms with Crippen LogP contribution in [0.4, 0.5) is 4.79 Å². The van der Waals surface area contributed by atoms with Gasteiger partial charge in [-0.1, -0.05) is 0 Å². The summed E-state index contributed by atoms with van der Waals surface area (Å²) in [4.78, 5) is 39.8. The number of amides is 1. The van der Waals surface area contributed by atoms with Gasteiger partial charge in [-0.2, -0.15) is 0 Å². The molecule has 24 heavy (non-hydrogen) atoms. The first-order chi connectivity index (χ1) is 11.3. The number of carboxylic acids is 2. The average molecular weight is 346 g/mol. The molecule has 0 bridgehead atoms. The summed E-state index contributed by atoms with van der Waals surface area (Å²) in [5, 5.41) is 27.2. The van der Waals surface area contributed by atoms with Crippen LogP contribution in [0.5, 0.6) is 0 Å². The molecule has 1 rings (SSSR count). The minimum absolute atomic E-state index is 0.133. The lowest BCUT2D eigenvalue weighted by Crippen LogP contribution is -2.48. The minimum atomic E-state index is -1.09. The van der Waals surface area contributed by atoms with Crippen LogP contribution >= 0.6 is 0 Å². The van der Waals surface area contributed by atoms with Gasteiger partial charge in [0.15, 0.2) is 0 Å². The van der Waals surface area contributed by atoms with E-state index >= 15 is 0 Å². The van der Waals surface area contributed by atoms with Crippen LogP contribution in [0.25, 0.3) is 0 Å². The van der Waals surface area contributed by atoms with Gasteiger partial charge in [0.2, 0.25) is 0 Å². The lowest BCUT2D eigenvalue weighted by Gasteiger charge is -2.31. The molecule has 1 amide bonds. The minimum Gasteiger partial charge on any atom is -0.480 e. The fourth-order valence-corrected chi connectivity index (χ4v) is 2.49. The van der Waals surface area contributed by atoms with Gasteiger partial charge in [0.05, 0.1) is 13.1 Å². The van der Waals surface area contributed by atoms with Crippen LogP contribution < -0.4 is 0 Å². The highest BCUT2D eigenvalue weighted by molar-refractivity contribution is 5.69. The van der Waals surface area contributed by atoms with Crippen LogP contribution in [0.15, 0.2) is 0 Å². The van der Waals surface area contributed by atoms with Crippen molar-refractivity contribution in [2.75, 3.05) is 72.5 Å². The van der Waals surface area contributed by atoms with E-state index in [-0.39, 0.29) is 26.2 Å². The molecule has 10 heteroatoms. The molecule has 1 aliphatic rings. The molecule has 0 aromatic carbocycles. The molecule has 0 unspecified atom stereocenters. The Kier molecular flexibility index (Phi) is 8.44. The number of aliphatic carboxylic acids is 2. The summed E-state index contributed by atoms with van der Waals surface area (Å²) in [7, 11) is 1.90. The molecule has 1 aliphatic heterocycles. The molecular formula is C14H26N4O6. The smallest absolute Gasteiger partial charge is 0.407 e. The molecule has 0 atom stereocenters. The second-order valence-corrected chi connectivity index (χ2v) is 5.91. The Bertz CT molecular complexity index is 415. The second-order valence-electron chi connectivity index (χ2n) is 5.91. The van der Waals surface area contributed by atoms with Crippen LogP contribution in [0.2, 0.25) is 0 Å². The first-order valence-electron chi connectivity index (χ1n) is 7.82. The van der Waals surface area contributed by atoms with Crippen molar-refractivity contribution in [1.82, 2.24) is 19.6 Å². The summed E-state index contributed by atoms with van der Waals surface area (Å²) >= 11 is 0. The van der Waals surface area contributed by atoms with Crippen LogP contribution in [-0.2, 0) is 9.59 Å². The number of hydrogen-bond acceptors (Lipinski definition) is 6. The van der Waals surface area contributed by atoms with Gasteiger partial charge < -0.3 is 25.1 Å². The number of hydrogen-bond donors (Lipinski definition) is 3. The third kappa shape index (κ3) is 8.09. The van der Waals surface area contributed by atoms with E-state index in [9.17, 15) is 19.5 Å². The standard InChI is InChI=1S/C14H26N4O6/c1-15-2-4-16(10-12(19)20)6-8-18(14(23)24)9-7-17(5-3-15)11-13(21)22/h2-11H2,1H3,(H,19,20)(H,21,22)(H,23,24). The van der Waals surface area contributed by atoms with Gasteiger partial charge in [-0.3, -0.25) is 19.4 Å². The molecule has 0 aromatic heterocycles. The Morgan fingerprint density at radius 3 is 1.42 bits per heavy atom. The molecule has 0 radical (unpaired) electrons. The maximum atomic E-state index is 11.3. The van der Waals surface area contributed by atoms with Crippen molar-refractivity contribution in [3.63, 3.8) is 0 Å². The van der Waals surface area contributed by atoms with E-state index in [2.05, 4.69) is 0 Å². The van der Waals surface area contributed by atoms with Crippen molar-refractivity contribution in [1.29, 1.82) is 0 Å². The summed E-state index contributed by atoms with van der Waals surface area (Å²) in [5.74, 6) is -1.89. The van der Waals surface area contributed by atoms with Gasteiger partial charge in [-0.15, -0.1) is 0 Å². The normalized spacial score (nSPS) is 20.1. The molecule has 0 aliphatic carbocycles. The van der Waals surface area contributed by atoms with Crippen LogP contribution in [0, 0.1) is 0 Å². The fraction of sp³-hybridized carbons (Fsp3) is 0.786. The van der Waals surface area contributed by atoms with E-state index in [1.165, 1.54) is 4.90 Å². The maximum Gasteiger partial charge on any atom is 0.407 e. The van der Waals surface area contributed by atoms with Crippen molar-refractivity contribution in [3.8, 4) is 0 Å². The molecule has 138 valence electrons. The first-order valence-corrected chi connectivity index (χ1v) is 7.82. The molecule has 0 aromatic rings. The summed E-state index contributed by atoms with van der Waals surface area (Å²) in [6.45, 7) is 3.03. The fourth-order valence-electron chi connectivity index (χ4n) is 2.49. The zero-order valence-corrected chi connectivity index (χ0v) is 13.9. The molecule has 1 fully saturated rings. The van der Waals surface area contributed by atoms with E-state index in [4.69, 9.17) is 10.2 Å². The van der Waals surface area contributed by atoms with Crippen molar-refractivity contribution < 1.29 is 29.7 Å². The summed E-state index contributed by atoms with van der Waals surface area (Å²) < 4.78 is 0. The van der Waals surface area contributed by atoms with Gasteiger partial charge >= 0.3 is 18.0 Å². The van der Waals surface area contributed by atoms with Crippen LogP contribution in [0.3, 0.4) is 0 Å². The SMILES string of the molecule is CN1CCN(CC(=O)O)CCN(C(=O)O)CCN(CC(=O)O)CC1. The van der Waals surface area contributed by atoms with Gasteiger partial charge in [0.25, 0.3) is 0 Å².